The highest BCUT2D eigenvalue weighted by molar-refractivity contribution is 7.89. The van der Waals surface area contributed by atoms with Gasteiger partial charge in [-0.15, -0.1) is 23.2 Å². The van der Waals surface area contributed by atoms with Gasteiger partial charge in [0.1, 0.15) is 6.04 Å². The fraction of sp³-hybridized carbons (Fsp3) is 0.486. The van der Waals surface area contributed by atoms with Crippen LogP contribution in [-0.4, -0.2) is 110 Å². The summed E-state index contributed by atoms with van der Waals surface area (Å²) in [7, 11) is -3.90. The minimum absolute atomic E-state index is 0.0399. The van der Waals surface area contributed by atoms with Gasteiger partial charge in [0.05, 0.1) is 34.8 Å². The lowest BCUT2D eigenvalue weighted by atomic mass is 10.0. The van der Waals surface area contributed by atoms with Gasteiger partial charge in [-0.3, -0.25) is 33.8 Å². The first-order valence-corrected chi connectivity index (χ1v) is 20.6. The van der Waals surface area contributed by atoms with Crippen molar-refractivity contribution in [2.24, 2.45) is 27.9 Å². The topological polar surface area (TPSA) is 280 Å². The molecule has 0 aromatic heterocycles. The predicted molar refractivity (Wildman–Crippen MR) is 214 cm³/mol. The van der Waals surface area contributed by atoms with E-state index in [1.807, 2.05) is 37.3 Å². The first kappa shape index (κ1) is 47.9. The van der Waals surface area contributed by atoms with Gasteiger partial charge < -0.3 is 33.2 Å². The standard InChI is InChI=1S/C22H31ClN6O4.C15H21ClN2O4S/c23-13-18(30)19(31)16(8-4-10-27-22(25)26)28-20(32)17-9-5-11-29(17)21(33)15(24)12-14-6-2-1-3-7-14;1-11-5-7-12(8-6-11)23(21,22)18-13(4-2-3-9-17)15(20)14(19)10-16/h1-3,6-7,15-17H,4-5,8-13,24H2,(H,28,32)(H4,25,26,27);5-8,13,18H,2-4,9-10,17H2,1H3/t15-,16+,17+;/m1./s1. The molecule has 2 aromatic carbocycles. The molecule has 10 N–H and O–H groups in total. The zero-order chi connectivity index (χ0) is 41.8. The molecule has 1 unspecified atom stereocenters. The molecule has 1 fully saturated rings. The molecule has 0 aliphatic carbocycles. The Morgan fingerprint density at radius 1 is 0.875 bits per heavy atom. The van der Waals surface area contributed by atoms with Crippen LogP contribution in [0.1, 0.15) is 56.1 Å². The van der Waals surface area contributed by atoms with Gasteiger partial charge in [0.2, 0.25) is 45.0 Å². The number of sulfonamides is 1. The third kappa shape index (κ3) is 15.7. The molecule has 0 spiro atoms. The largest absolute Gasteiger partial charge is 0.370 e. The van der Waals surface area contributed by atoms with Crippen LogP contribution in [0.25, 0.3) is 0 Å². The van der Waals surface area contributed by atoms with Crippen molar-refractivity contribution >= 4 is 74.1 Å². The summed E-state index contributed by atoms with van der Waals surface area (Å²) in [4.78, 5) is 79.1. The summed E-state index contributed by atoms with van der Waals surface area (Å²) in [6, 6.07) is 11.8. The Labute approximate surface area is 337 Å². The van der Waals surface area contributed by atoms with Crippen molar-refractivity contribution in [3.63, 3.8) is 0 Å². The normalized spacial score (nSPS) is 15.4. The number of guanidine groups is 1. The second kappa shape index (κ2) is 24.4. The summed E-state index contributed by atoms with van der Waals surface area (Å²) in [6.45, 7) is 2.89. The van der Waals surface area contributed by atoms with Gasteiger partial charge in [0, 0.05) is 13.1 Å². The van der Waals surface area contributed by atoms with E-state index in [-0.39, 0.29) is 36.1 Å². The lowest BCUT2D eigenvalue weighted by Crippen LogP contribution is -2.54. The highest BCUT2D eigenvalue weighted by atomic mass is 35.5. The Morgan fingerprint density at radius 3 is 2.04 bits per heavy atom. The van der Waals surface area contributed by atoms with E-state index < -0.39 is 75.0 Å². The summed E-state index contributed by atoms with van der Waals surface area (Å²) in [5.74, 6) is -5.11. The third-order valence-corrected chi connectivity index (χ3v) is 10.7. The Hall–Kier alpha value is -4.26. The maximum atomic E-state index is 13.0. The summed E-state index contributed by atoms with van der Waals surface area (Å²) < 4.78 is 27.0. The van der Waals surface area contributed by atoms with Crippen molar-refractivity contribution in [1.29, 1.82) is 0 Å². The number of likely N-dealkylation sites (tertiary alicyclic amines) is 1. The first-order chi connectivity index (χ1) is 26.6. The van der Waals surface area contributed by atoms with Crippen LogP contribution >= 0.6 is 23.2 Å². The van der Waals surface area contributed by atoms with Gasteiger partial charge in [0.15, 0.2) is 5.96 Å². The molecule has 4 atom stereocenters. The molecule has 308 valence electrons. The summed E-state index contributed by atoms with van der Waals surface area (Å²) in [6.07, 6.45) is 3.28. The van der Waals surface area contributed by atoms with Gasteiger partial charge in [-0.25, -0.2) is 13.1 Å². The molecule has 1 saturated heterocycles. The molecule has 1 aliphatic rings. The summed E-state index contributed by atoms with van der Waals surface area (Å²) >= 11 is 10.9. The van der Waals surface area contributed by atoms with Gasteiger partial charge >= 0.3 is 0 Å². The molecule has 1 heterocycles. The molecule has 2 aromatic rings. The number of nitrogens with two attached hydrogens (primary N) is 4. The monoisotopic (exact) mass is 838 g/mol. The maximum Gasteiger partial charge on any atom is 0.243 e. The zero-order valence-electron chi connectivity index (χ0n) is 31.3. The number of carbonyl (C=O) groups excluding carboxylic acids is 6. The minimum Gasteiger partial charge on any atom is -0.370 e. The average molecular weight is 840 g/mol. The third-order valence-electron chi connectivity index (χ3n) is 8.72. The molecule has 2 amide bonds. The number of carbonyl (C=O) groups is 6. The first-order valence-electron chi connectivity index (χ1n) is 18.1. The van der Waals surface area contributed by atoms with Gasteiger partial charge in [-0.05, 0) is 76.1 Å². The molecular formula is C37H52Cl2N8O8S. The van der Waals surface area contributed by atoms with Crippen LogP contribution in [0.3, 0.4) is 0 Å². The number of hydrogen-bond donors (Lipinski definition) is 6. The Balaban J connectivity index is 0.000000413. The summed E-state index contributed by atoms with van der Waals surface area (Å²) in [5.41, 5.74) is 23.9. The van der Waals surface area contributed by atoms with E-state index in [1.165, 1.54) is 17.0 Å². The van der Waals surface area contributed by atoms with Crippen molar-refractivity contribution in [1.82, 2.24) is 14.9 Å². The van der Waals surface area contributed by atoms with Crippen molar-refractivity contribution in [2.75, 3.05) is 31.4 Å². The highest BCUT2D eigenvalue weighted by Gasteiger charge is 2.38. The lowest BCUT2D eigenvalue weighted by Gasteiger charge is -2.28. The van der Waals surface area contributed by atoms with Crippen LogP contribution in [0.15, 0.2) is 64.5 Å². The van der Waals surface area contributed by atoms with Crippen molar-refractivity contribution < 1.29 is 37.2 Å². The second-order valence-electron chi connectivity index (χ2n) is 13.1. The number of hydrogen-bond acceptors (Lipinski definition) is 11. The van der Waals surface area contributed by atoms with Crippen LogP contribution in [0, 0.1) is 6.92 Å². The number of unbranched alkanes of at least 4 members (excludes halogenated alkanes) is 1. The maximum absolute atomic E-state index is 13.0. The van der Waals surface area contributed by atoms with Gasteiger partial charge in [0.25, 0.3) is 0 Å². The second-order valence-corrected chi connectivity index (χ2v) is 15.4. The van der Waals surface area contributed by atoms with E-state index in [0.717, 1.165) is 11.1 Å². The number of Topliss-reactive ketones (excluding diaryl/α,β-unsaturated/α-hetero) is 4. The molecule has 0 saturated carbocycles. The minimum atomic E-state index is -3.90. The number of aliphatic imine (C=N–C) groups is 1. The molecule has 3 rings (SSSR count). The van der Waals surface area contributed by atoms with E-state index in [2.05, 4.69) is 15.0 Å². The molecule has 0 bridgehead atoms. The van der Waals surface area contributed by atoms with Crippen LogP contribution in [0.4, 0.5) is 0 Å². The van der Waals surface area contributed by atoms with Crippen LogP contribution < -0.4 is 33.0 Å². The van der Waals surface area contributed by atoms with Gasteiger partial charge in [-0.1, -0.05) is 54.4 Å². The van der Waals surface area contributed by atoms with Crippen molar-refractivity contribution in [3.8, 4) is 0 Å². The predicted octanol–water partition coefficient (Wildman–Crippen LogP) is 0.611. The number of nitrogens with zero attached hydrogens (tertiary/aromatic N) is 2. The lowest BCUT2D eigenvalue weighted by molar-refractivity contribution is -0.141. The van der Waals surface area contributed by atoms with Gasteiger partial charge in [-0.2, -0.15) is 0 Å². The number of aryl methyl sites for hydroxylation is 1. The molecular weight excluding hydrogens is 787 g/mol. The van der Waals surface area contributed by atoms with E-state index in [0.29, 0.717) is 51.6 Å². The smallest absolute Gasteiger partial charge is 0.243 e. The number of halogens is 2. The Morgan fingerprint density at radius 2 is 1.46 bits per heavy atom. The quantitative estimate of drug-likeness (QED) is 0.0313. The average Bonchev–Trinajstić information content (AvgIpc) is 3.68. The molecule has 1 aliphatic heterocycles. The van der Waals surface area contributed by atoms with E-state index in [1.54, 1.807) is 12.1 Å². The number of rotatable bonds is 22. The molecule has 19 heteroatoms. The molecule has 56 heavy (non-hydrogen) atoms. The number of ketones is 4. The van der Waals surface area contributed by atoms with Crippen LogP contribution in [0.5, 0.6) is 0 Å². The fourth-order valence-electron chi connectivity index (χ4n) is 5.74. The summed E-state index contributed by atoms with van der Waals surface area (Å²) in [5, 5.41) is 2.62. The Kier molecular flexibility index (Phi) is 20.9. The SMILES string of the molecule is Cc1ccc(S(=O)(=O)NC(CCCCN)C(=O)C(=O)CCl)cc1.NC(N)=NCCC[C@H](NC(=O)[C@@H]1CCCN1C(=O)[C@H](N)Cc1ccccc1)C(=O)C(=O)CCl. The number of benzene rings is 2. The number of amides is 2. The van der Waals surface area contributed by atoms with Crippen molar-refractivity contribution in [2.45, 2.75) is 87.4 Å². The zero-order valence-corrected chi connectivity index (χ0v) is 33.7. The van der Waals surface area contributed by atoms with Crippen LogP contribution in [-0.2, 0) is 45.2 Å². The van der Waals surface area contributed by atoms with Crippen LogP contribution in [0.2, 0.25) is 0 Å². The fourth-order valence-corrected chi connectivity index (χ4v) is 7.23. The highest BCUT2D eigenvalue weighted by Crippen LogP contribution is 2.20. The molecule has 0 radical (unpaired) electrons. The van der Waals surface area contributed by atoms with E-state index >= 15 is 0 Å². The number of alkyl halides is 2. The van der Waals surface area contributed by atoms with Crippen molar-refractivity contribution in [3.05, 3.63) is 65.7 Å². The molecule has 16 nitrogen and oxygen atoms in total. The Bertz CT molecular complexity index is 1780. The number of nitrogens with one attached hydrogen (secondary N) is 2. The van der Waals surface area contributed by atoms with E-state index in [4.69, 9.17) is 46.1 Å². The van der Waals surface area contributed by atoms with E-state index in [9.17, 15) is 37.2 Å².